The van der Waals surface area contributed by atoms with Crippen molar-refractivity contribution in [2.45, 2.75) is 19.9 Å². The van der Waals surface area contributed by atoms with Crippen molar-refractivity contribution in [2.75, 3.05) is 11.5 Å². The van der Waals surface area contributed by atoms with Crippen LogP contribution in [0.4, 0.5) is 14.5 Å². The van der Waals surface area contributed by atoms with Crippen molar-refractivity contribution in [1.29, 1.82) is 0 Å². The molecule has 174 valence electrons. The number of carbonyl (C=O) groups excluding carboxylic acids is 2. The maximum absolute atomic E-state index is 14.0. The van der Waals surface area contributed by atoms with Gasteiger partial charge in [-0.25, -0.2) is 8.78 Å². The van der Waals surface area contributed by atoms with E-state index in [0.717, 1.165) is 17.0 Å². The Kier molecular flexibility index (Phi) is 6.06. The van der Waals surface area contributed by atoms with Crippen molar-refractivity contribution in [3.8, 4) is 11.5 Å². The molecule has 1 aliphatic heterocycles. The van der Waals surface area contributed by atoms with Crippen molar-refractivity contribution in [1.82, 2.24) is 0 Å². The Morgan fingerprint density at radius 1 is 1.00 bits per heavy atom. The van der Waals surface area contributed by atoms with Gasteiger partial charge in [0.25, 0.3) is 11.7 Å². The summed E-state index contributed by atoms with van der Waals surface area (Å²) in [5, 5.41) is 20.9. The fourth-order valence-corrected chi connectivity index (χ4v) is 3.98. The number of aryl methyl sites for hydroxylation is 1. The Morgan fingerprint density at radius 3 is 2.32 bits per heavy atom. The molecule has 0 radical (unpaired) electrons. The molecule has 0 saturated carbocycles. The summed E-state index contributed by atoms with van der Waals surface area (Å²) in [6.45, 7) is 4.07. The number of aliphatic hydroxyl groups is 1. The number of benzene rings is 3. The van der Waals surface area contributed by atoms with E-state index in [2.05, 4.69) is 0 Å². The van der Waals surface area contributed by atoms with Gasteiger partial charge in [0.05, 0.1) is 18.2 Å². The minimum absolute atomic E-state index is 0.0457. The Bertz CT molecular complexity index is 1320. The molecule has 1 amide bonds. The first-order valence-corrected chi connectivity index (χ1v) is 10.5. The molecule has 34 heavy (non-hydrogen) atoms. The van der Waals surface area contributed by atoms with E-state index in [0.29, 0.717) is 23.5 Å². The molecule has 1 atom stereocenters. The first-order valence-electron chi connectivity index (χ1n) is 10.5. The number of phenolic OH excluding ortho intramolecular Hbond substituents is 1. The minimum Gasteiger partial charge on any atom is -0.508 e. The zero-order valence-electron chi connectivity index (χ0n) is 18.4. The Morgan fingerprint density at radius 2 is 1.71 bits per heavy atom. The summed E-state index contributed by atoms with van der Waals surface area (Å²) in [6.07, 6.45) is 0. The molecule has 3 aromatic carbocycles. The first-order chi connectivity index (χ1) is 16.2. The van der Waals surface area contributed by atoms with Crippen molar-refractivity contribution in [2.24, 2.45) is 0 Å². The summed E-state index contributed by atoms with van der Waals surface area (Å²) >= 11 is 0. The number of phenols is 1. The highest BCUT2D eigenvalue weighted by Crippen LogP contribution is 2.43. The lowest BCUT2D eigenvalue weighted by Gasteiger charge is -2.25. The van der Waals surface area contributed by atoms with Gasteiger partial charge in [0.2, 0.25) is 0 Å². The minimum atomic E-state index is -1.19. The number of hydrogen-bond donors (Lipinski definition) is 2. The van der Waals surface area contributed by atoms with Gasteiger partial charge < -0.3 is 14.9 Å². The molecule has 3 aromatic rings. The highest BCUT2D eigenvalue weighted by molar-refractivity contribution is 6.51. The van der Waals surface area contributed by atoms with Gasteiger partial charge in [-0.1, -0.05) is 12.1 Å². The summed E-state index contributed by atoms with van der Waals surface area (Å²) in [4.78, 5) is 27.2. The monoisotopic (exact) mass is 465 g/mol. The molecule has 4 rings (SSSR count). The van der Waals surface area contributed by atoms with Crippen LogP contribution in [0.15, 0.2) is 66.2 Å². The summed E-state index contributed by atoms with van der Waals surface area (Å²) in [5.74, 6) is -4.14. The number of ketones is 1. The van der Waals surface area contributed by atoms with Gasteiger partial charge in [0, 0.05) is 17.3 Å². The number of amides is 1. The average Bonchev–Trinajstić information content (AvgIpc) is 3.07. The molecule has 1 heterocycles. The van der Waals surface area contributed by atoms with Gasteiger partial charge in [-0.3, -0.25) is 14.5 Å². The molecule has 1 fully saturated rings. The lowest BCUT2D eigenvalue weighted by molar-refractivity contribution is -0.132. The topological polar surface area (TPSA) is 87.1 Å². The van der Waals surface area contributed by atoms with Crippen LogP contribution in [0.3, 0.4) is 0 Å². The van der Waals surface area contributed by atoms with E-state index in [1.165, 1.54) is 30.3 Å². The molecule has 6 nitrogen and oxygen atoms in total. The molecule has 1 unspecified atom stereocenters. The van der Waals surface area contributed by atoms with Crippen LogP contribution in [-0.2, 0) is 9.59 Å². The summed E-state index contributed by atoms with van der Waals surface area (Å²) in [7, 11) is 0. The second-order valence-electron chi connectivity index (χ2n) is 7.77. The number of aliphatic hydroxyl groups excluding tert-OH is 1. The van der Waals surface area contributed by atoms with E-state index in [1.807, 2.05) is 6.92 Å². The third-order valence-electron chi connectivity index (χ3n) is 5.58. The maximum Gasteiger partial charge on any atom is 0.300 e. The highest BCUT2D eigenvalue weighted by atomic mass is 19.2. The molecule has 0 aliphatic carbocycles. The van der Waals surface area contributed by atoms with Crippen LogP contribution in [0.5, 0.6) is 11.5 Å². The van der Waals surface area contributed by atoms with Crippen molar-refractivity contribution in [3.63, 3.8) is 0 Å². The molecule has 1 saturated heterocycles. The van der Waals surface area contributed by atoms with Gasteiger partial charge in [-0.15, -0.1) is 0 Å². The van der Waals surface area contributed by atoms with Gasteiger partial charge >= 0.3 is 0 Å². The fourth-order valence-electron chi connectivity index (χ4n) is 3.98. The second kappa shape index (κ2) is 8.97. The normalized spacial score (nSPS) is 17.3. The van der Waals surface area contributed by atoms with Crippen LogP contribution in [0, 0.1) is 18.6 Å². The van der Waals surface area contributed by atoms with E-state index in [4.69, 9.17) is 4.74 Å². The van der Waals surface area contributed by atoms with Gasteiger partial charge in [0.15, 0.2) is 11.6 Å². The number of rotatable bonds is 5. The number of halogens is 2. The van der Waals surface area contributed by atoms with Gasteiger partial charge in [0.1, 0.15) is 17.3 Å². The number of ether oxygens (including phenoxy) is 1. The summed E-state index contributed by atoms with van der Waals surface area (Å²) < 4.78 is 33.1. The molecule has 0 bridgehead atoms. The molecular weight excluding hydrogens is 444 g/mol. The predicted molar refractivity (Wildman–Crippen MR) is 122 cm³/mol. The Hall–Kier alpha value is -4.20. The zero-order chi connectivity index (χ0) is 24.6. The van der Waals surface area contributed by atoms with Crippen LogP contribution in [0.2, 0.25) is 0 Å². The van der Waals surface area contributed by atoms with Crippen molar-refractivity contribution >= 4 is 23.1 Å². The standard InChI is InChI=1S/C26H21F2NO5/c1-3-34-21-11-6-16(12-14(21)2)24(31)22-23(15-4-8-18(30)9-5-15)29(26(33)25(22)32)17-7-10-19(27)20(28)13-17/h4-13,23,30-31H,3H2,1-2H3/b24-22+. The van der Waals surface area contributed by atoms with E-state index in [9.17, 15) is 28.6 Å². The number of hydrogen-bond acceptors (Lipinski definition) is 5. The van der Waals surface area contributed by atoms with Crippen LogP contribution in [-0.4, -0.2) is 28.5 Å². The van der Waals surface area contributed by atoms with E-state index in [-0.39, 0.29) is 22.6 Å². The highest BCUT2D eigenvalue weighted by Gasteiger charge is 2.47. The van der Waals surface area contributed by atoms with Crippen LogP contribution in [0.25, 0.3) is 5.76 Å². The largest absolute Gasteiger partial charge is 0.508 e. The van der Waals surface area contributed by atoms with E-state index in [1.54, 1.807) is 25.1 Å². The number of carbonyl (C=O) groups is 2. The third kappa shape index (κ3) is 3.98. The lowest BCUT2D eigenvalue weighted by Crippen LogP contribution is -2.29. The van der Waals surface area contributed by atoms with Crippen LogP contribution < -0.4 is 9.64 Å². The van der Waals surface area contributed by atoms with E-state index >= 15 is 0 Å². The number of anilines is 1. The Labute approximate surface area is 194 Å². The summed E-state index contributed by atoms with van der Waals surface area (Å²) in [5.41, 5.74) is 1.10. The van der Waals surface area contributed by atoms with Crippen LogP contribution >= 0.6 is 0 Å². The lowest BCUT2D eigenvalue weighted by atomic mass is 9.94. The SMILES string of the molecule is CCOc1ccc(/C(O)=C2\C(=O)C(=O)N(c3ccc(F)c(F)c3)C2c2ccc(O)cc2)cc1C. The molecule has 0 spiro atoms. The number of Topliss-reactive ketones (excluding diaryl/α,β-unsaturated/α-hetero) is 1. The van der Waals surface area contributed by atoms with Crippen molar-refractivity contribution in [3.05, 3.63) is 94.6 Å². The molecule has 8 heteroatoms. The smallest absolute Gasteiger partial charge is 0.300 e. The quantitative estimate of drug-likeness (QED) is 0.315. The first kappa shape index (κ1) is 23.0. The fraction of sp³-hybridized carbons (Fsp3) is 0.154. The Balaban J connectivity index is 1.92. The maximum atomic E-state index is 14.0. The van der Waals surface area contributed by atoms with Crippen LogP contribution in [0.1, 0.15) is 29.7 Å². The summed E-state index contributed by atoms with van der Waals surface area (Å²) in [6, 6.07) is 12.2. The molecule has 2 N–H and O–H groups in total. The third-order valence-corrected chi connectivity index (χ3v) is 5.58. The molecule has 1 aliphatic rings. The van der Waals surface area contributed by atoms with Gasteiger partial charge in [-0.05, 0) is 67.4 Å². The predicted octanol–water partition coefficient (Wildman–Crippen LogP) is 5.00. The molecular formula is C26H21F2NO5. The zero-order valence-corrected chi connectivity index (χ0v) is 18.4. The average molecular weight is 465 g/mol. The number of aromatic hydroxyl groups is 1. The van der Waals surface area contributed by atoms with E-state index < -0.39 is 35.1 Å². The number of nitrogens with zero attached hydrogens (tertiary/aromatic N) is 1. The van der Waals surface area contributed by atoms with Crippen molar-refractivity contribution < 1.29 is 33.3 Å². The van der Waals surface area contributed by atoms with Gasteiger partial charge in [-0.2, -0.15) is 0 Å². The second-order valence-corrected chi connectivity index (χ2v) is 7.77. The molecule has 0 aromatic heterocycles.